The largest absolute Gasteiger partial charge is 0.300 e. The summed E-state index contributed by atoms with van der Waals surface area (Å²) in [6.45, 7) is 2.58. The second-order valence-corrected chi connectivity index (χ2v) is 4.27. The number of amides is 4. The minimum atomic E-state index is -1.90. The standard InChI is InChI=1S/C10H10N2O5/c1-3(4(2)13)10-5(6(14)11-8(10)16)7(15)12-9(10)17/h3,5H,1-2H3,(H,11,14,16)(H,12,15,17). The third-order valence-electron chi connectivity index (χ3n) is 3.50. The van der Waals surface area contributed by atoms with Crippen LogP contribution in [0.3, 0.4) is 0 Å². The molecule has 0 aromatic heterocycles. The highest BCUT2D eigenvalue weighted by Gasteiger charge is 2.71. The molecule has 7 heteroatoms. The Bertz CT molecular complexity index is 451. The van der Waals surface area contributed by atoms with Crippen molar-refractivity contribution < 1.29 is 24.0 Å². The third kappa shape index (κ3) is 1.13. The molecule has 0 bridgehead atoms. The number of imide groups is 2. The number of fused-ring (bicyclic) bond motifs is 1. The van der Waals surface area contributed by atoms with Crippen LogP contribution in [0.5, 0.6) is 0 Å². The molecule has 2 heterocycles. The SMILES string of the molecule is CC(=O)C(C)C12C(=O)NC(=O)C1C(=O)NC2=O. The first-order valence-corrected chi connectivity index (χ1v) is 5.04. The Morgan fingerprint density at radius 2 is 1.53 bits per heavy atom. The van der Waals surface area contributed by atoms with E-state index in [0.29, 0.717) is 0 Å². The summed E-state index contributed by atoms with van der Waals surface area (Å²) in [5, 5.41) is 3.89. The molecule has 0 aromatic carbocycles. The van der Waals surface area contributed by atoms with Gasteiger partial charge in [0.15, 0.2) is 5.41 Å². The number of rotatable bonds is 2. The summed E-state index contributed by atoms with van der Waals surface area (Å²) < 4.78 is 0. The second kappa shape index (κ2) is 3.22. The van der Waals surface area contributed by atoms with Gasteiger partial charge in [0.1, 0.15) is 11.7 Å². The molecule has 90 valence electrons. The Balaban J connectivity index is 2.64. The zero-order valence-corrected chi connectivity index (χ0v) is 9.20. The normalized spacial score (nSPS) is 33.2. The summed E-state index contributed by atoms with van der Waals surface area (Å²) in [6, 6.07) is 0. The number of carbonyl (C=O) groups excluding carboxylic acids is 5. The molecule has 2 N–H and O–H groups in total. The highest BCUT2D eigenvalue weighted by Crippen LogP contribution is 2.44. The first kappa shape index (κ1) is 11.4. The van der Waals surface area contributed by atoms with Gasteiger partial charge in [-0.1, -0.05) is 6.92 Å². The van der Waals surface area contributed by atoms with E-state index in [1.165, 1.54) is 13.8 Å². The van der Waals surface area contributed by atoms with E-state index in [4.69, 9.17) is 0 Å². The van der Waals surface area contributed by atoms with Gasteiger partial charge < -0.3 is 0 Å². The number of Topliss-reactive ketones (excluding diaryl/α,β-unsaturated/α-hetero) is 1. The van der Waals surface area contributed by atoms with E-state index in [1.54, 1.807) is 0 Å². The van der Waals surface area contributed by atoms with Gasteiger partial charge in [0, 0.05) is 5.92 Å². The van der Waals surface area contributed by atoms with Gasteiger partial charge in [0.2, 0.25) is 23.6 Å². The van der Waals surface area contributed by atoms with E-state index in [9.17, 15) is 24.0 Å². The number of hydrogen-bond acceptors (Lipinski definition) is 5. The predicted molar refractivity (Wildman–Crippen MR) is 52.1 cm³/mol. The molecule has 0 saturated carbocycles. The van der Waals surface area contributed by atoms with Gasteiger partial charge in [-0.15, -0.1) is 0 Å². The maximum atomic E-state index is 11.8. The molecule has 17 heavy (non-hydrogen) atoms. The molecule has 2 aliphatic rings. The first-order valence-electron chi connectivity index (χ1n) is 5.04. The summed E-state index contributed by atoms with van der Waals surface area (Å²) in [6.07, 6.45) is 0. The smallest absolute Gasteiger partial charge is 0.244 e. The quantitative estimate of drug-likeness (QED) is 0.432. The Morgan fingerprint density at radius 1 is 1.12 bits per heavy atom. The van der Waals surface area contributed by atoms with Crippen molar-refractivity contribution >= 4 is 29.4 Å². The zero-order valence-electron chi connectivity index (χ0n) is 9.20. The van der Waals surface area contributed by atoms with E-state index in [1.807, 2.05) is 10.6 Å². The van der Waals surface area contributed by atoms with Crippen LogP contribution < -0.4 is 10.6 Å². The van der Waals surface area contributed by atoms with Crippen molar-refractivity contribution in [2.75, 3.05) is 0 Å². The molecule has 0 spiro atoms. The van der Waals surface area contributed by atoms with Gasteiger partial charge in [-0.25, -0.2) is 0 Å². The van der Waals surface area contributed by atoms with Gasteiger partial charge in [-0.2, -0.15) is 0 Å². The van der Waals surface area contributed by atoms with Crippen molar-refractivity contribution in [3.05, 3.63) is 0 Å². The lowest BCUT2D eigenvalue weighted by Crippen LogP contribution is -2.48. The van der Waals surface area contributed by atoms with Gasteiger partial charge in [-0.3, -0.25) is 34.6 Å². The predicted octanol–water partition coefficient (Wildman–Crippen LogP) is -1.87. The first-order chi connectivity index (χ1) is 7.83. The Kier molecular flexibility index (Phi) is 2.17. The molecular weight excluding hydrogens is 228 g/mol. The number of hydrogen-bond donors (Lipinski definition) is 2. The lowest BCUT2D eigenvalue weighted by Gasteiger charge is -2.25. The minimum absolute atomic E-state index is 0.426. The Labute approximate surface area is 95.9 Å². The van der Waals surface area contributed by atoms with Gasteiger partial charge >= 0.3 is 0 Å². The highest BCUT2D eigenvalue weighted by molar-refractivity contribution is 6.32. The van der Waals surface area contributed by atoms with Crippen LogP contribution in [0.25, 0.3) is 0 Å². The Morgan fingerprint density at radius 3 is 1.88 bits per heavy atom. The molecule has 0 aromatic rings. The lowest BCUT2D eigenvalue weighted by molar-refractivity contribution is -0.148. The zero-order chi connectivity index (χ0) is 13.0. The van der Waals surface area contributed by atoms with Crippen LogP contribution in [0.15, 0.2) is 0 Å². The van der Waals surface area contributed by atoms with E-state index in [-0.39, 0.29) is 0 Å². The van der Waals surface area contributed by atoms with Crippen molar-refractivity contribution in [1.29, 1.82) is 0 Å². The average Bonchev–Trinajstić information content (AvgIpc) is 2.63. The molecule has 1 atom stereocenters. The van der Waals surface area contributed by atoms with Gasteiger partial charge in [0.25, 0.3) is 0 Å². The van der Waals surface area contributed by atoms with Gasteiger partial charge in [0.05, 0.1) is 0 Å². The van der Waals surface area contributed by atoms with Crippen molar-refractivity contribution in [2.24, 2.45) is 17.3 Å². The van der Waals surface area contributed by atoms with Crippen molar-refractivity contribution in [2.45, 2.75) is 13.8 Å². The Hall–Kier alpha value is -2.05. The number of carbonyl (C=O) groups is 5. The van der Waals surface area contributed by atoms with Crippen LogP contribution in [-0.2, 0) is 24.0 Å². The molecule has 7 nitrogen and oxygen atoms in total. The molecule has 2 saturated heterocycles. The van der Waals surface area contributed by atoms with E-state index < -0.39 is 46.7 Å². The van der Waals surface area contributed by atoms with Crippen molar-refractivity contribution in [3.63, 3.8) is 0 Å². The summed E-state index contributed by atoms with van der Waals surface area (Å²) in [5.74, 6) is -6.29. The summed E-state index contributed by atoms with van der Waals surface area (Å²) >= 11 is 0. The van der Waals surface area contributed by atoms with E-state index in [2.05, 4.69) is 0 Å². The fraction of sp³-hybridized carbons (Fsp3) is 0.500. The fourth-order valence-electron chi connectivity index (χ4n) is 2.44. The molecule has 0 aliphatic carbocycles. The van der Waals surface area contributed by atoms with Crippen LogP contribution in [0, 0.1) is 17.3 Å². The maximum absolute atomic E-state index is 11.8. The summed E-state index contributed by atoms with van der Waals surface area (Å²) in [5.41, 5.74) is -1.90. The van der Waals surface area contributed by atoms with E-state index in [0.717, 1.165) is 0 Å². The molecule has 0 radical (unpaired) electrons. The summed E-state index contributed by atoms with van der Waals surface area (Å²) in [4.78, 5) is 58.0. The monoisotopic (exact) mass is 238 g/mol. The third-order valence-corrected chi connectivity index (χ3v) is 3.50. The maximum Gasteiger partial charge on any atom is 0.244 e. The molecule has 2 rings (SSSR count). The summed E-state index contributed by atoms with van der Waals surface area (Å²) in [7, 11) is 0. The molecule has 4 amide bonds. The van der Waals surface area contributed by atoms with Crippen LogP contribution in [0.1, 0.15) is 13.8 Å². The fourth-order valence-corrected chi connectivity index (χ4v) is 2.44. The van der Waals surface area contributed by atoms with Crippen molar-refractivity contribution in [1.82, 2.24) is 10.6 Å². The van der Waals surface area contributed by atoms with Crippen LogP contribution in [0.4, 0.5) is 0 Å². The number of ketones is 1. The highest BCUT2D eigenvalue weighted by atomic mass is 16.2. The lowest BCUT2D eigenvalue weighted by atomic mass is 9.68. The second-order valence-electron chi connectivity index (χ2n) is 4.27. The molecule has 1 unspecified atom stereocenters. The molecule has 2 aliphatic heterocycles. The minimum Gasteiger partial charge on any atom is -0.300 e. The molecule has 2 fully saturated rings. The topological polar surface area (TPSA) is 109 Å². The van der Waals surface area contributed by atoms with Crippen LogP contribution >= 0.6 is 0 Å². The molecular formula is C10H10N2O5. The van der Waals surface area contributed by atoms with Crippen LogP contribution in [0.2, 0.25) is 0 Å². The number of nitrogens with one attached hydrogen (secondary N) is 2. The van der Waals surface area contributed by atoms with Crippen LogP contribution in [-0.4, -0.2) is 29.4 Å². The van der Waals surface area contributed by atoms with E-state index >= 15 is 0 Å². The van der Waals surface area contributed by atoms with Gasteiger partial charge in [-0.05, 0) is 6.92 Å². The average molecular weight is 238 g/mol. The van der Waals surface area contributed by atoms with Crippen molar-refractivity contribution in [3.8, 4) is 0 Å².